The first-order valence-electron chi connectivity index (χ1n) is 7.91. The fraction of sp³-hybridized carbons (Fsp3) is 0.222. The highest BCUT2D eigenvalue weighted by atomic mass is 15.3. The minimum atomic E-state index is 0.643. The molecule has 6 nitrogen and oxygen atoms in total. The maximum Gasteiger partial charge on any atom is 0.140 e. The van der Waals surface area contributed by atoms with Crippen molar-refractivity contribution in [3.63, 3.8) is 0 Å². The third-order valence-electron chi connectivity index (χ3n) is 4.30. The van der Waals surface area contributed by atoms with E-state index in [-0.39, 0.29) is 0 Å². The van der Waals surface area contributed by atoms with Gasteiger partial charge in [0.2, 0.25) is 0 Å². The zero-order valence-electron chi connectivity index (χ0n) is 13.1. The molecule has 0 radical (unpaired) electrons. The molecule has 0 atom stereocenters. The second-order valence-corrected chi connectivity index (χ2v) is 5.70. The summed E-state index contributed by atoms with van der Waals surface area (Å²) < 4.78 is 0. The van der Waals surface area contributed by atoms with Gasteiger partial charge in [0.05, 0.1) is 17.1 Å². The molecule has 0 N–H and O–H groups in total. The first-order chi connectivity index (χ1) is 11.8. The van der Waals surface area contributed by atoms with Crippen molar-refractivity contribution in [2.75, 3.05) is 36.0 Å². The average Bonchev–Trinajstić information content (AvgIpc) is 2.68. The summed E-state index contributed by atoms with van der Waals surface area (Å²) in [6.45, 7) is 3.42. The van der Waals surface area contributed by atoms with Crippen LogP contribution in [0.5, 0.6) is 0 Å². The van der Waals surface area contributed by atoms with E-state index in [0.717, 1.165) is 48.7 Å². The topological polar surface area (TPSA) is 68.9 Å². The number of para-hydroxylation sites is 1. The van der Waals surface area contributed by atoms with Gasteiger partial charge in [-0.15, -0.1) is 0 Å². The minimum Gasteiger partial charge on any atom is -0.353 e. The molecule has 1 aromatic carbocycles. The van der Waals surface area contributed by atoms with Gasteiger partial charge in [0.1, 0.15) is 18.0 Å². The van der Waals surface area contributed by atoms with Crippen LogP contribution in [0.15, 0.2) is 48.9 Å². The Hall–Kier alpha value is -3.20. The molecule has 6 heteroatoms. The van der Waals surface area contributed by atoms with Gasteiger partial charge in [-0.2, -0.15) is 5.26 Å². The average molecular weight is 316 g/mol. The van der Waals surface area contributed by atoms with Crippen molar-refractivity contribution in [2.24, 2.45) is 0 Å². The zero-order chi connectivity index (χ0) is 16.4. The van der Waals surface area contributed by atoms with Crippen LogP contribution in [-0.2, 0) is 0 Å². The fourth-order valence-electron chi connectivity index (χ4n) is 3.05. The second-order valence-electron chi connectivity index (χ2n) is 5.70. The Bertz CT molecular complexity index is 903. The number of nitriles is 1. The van der Waals surface area contributed by atoms with Crippen LogP contribution >= 0.6 is 0 Å². The van der Waals surface area contributed by atoms with Crippen molar-refractivity contribution < 1.29 is 0 Å². The summed E-state index contributed by atoms with van der Waals surface area (Å²) >= 11 is 0. The maximum atomic E-state index is 9.03. The van der Waals surface area contributed by atoms with E-state index in [4.69, 9.17) is 5.26 Å². The maximum absolute atomic E-state index is 9.03. The molecule has 4 rings (SSSR count). The van der Waals surface area contributed by atoms with Crippen molar-refractivity contribution in [3.8, 4) is 6.07 Å². The molecule has 1 fully saturated rings. The third-order valence-corrected chi connectivity index (χ3v) is 4.30. The van der Waals surface area contributed by atoms with Crippen LogP contribution in [0.2, 0.25) is 0 Å². The van der Waals surface area contributed by atoms with Gasteiger partial charge in [-0.1, -0.05) is 12.1 Å². The van der Waals surface area contributed by atoms with Crippen LogP contribution in [-0.4, -0.2) is 41.1 Å². The number of nitrogens with zero attached hydrogens (tertiary/aromatic N) is 6. The van der Waals surface area contributed by atoms with Crippen molar-refractivity contribution in [3.05, 3.63) is 54.5 Å². The van der Waals surface area contributed by atoms with Crippen LogP contribution in [0.4, 0.5) is 11.6 Å². The van der Waals surface area contributed by atoms with Crippen LogP contribution in [0, 0.1) is 11.3 Å². The molecule has 3 heterocycles. The van der Waals surface area contributed by atoms with Crippen LogP contribution in [0.3, 0.4) is 0 Å². The number of rotatable bonds is 2. The predicted octanol–water partition coefficient (Wildman–Crippen LogP) is 2.22. The highest BCUT2D eigenvalue weighted by molar-refractivity contribution is 5.89. The summed E-state index contributed by atoms with van der Waals surface area (Å²) in [7, 11) is 0. The largest absolute Gasteiger partial charge is 0.353 e. The Morgan fingerprint density at radius 1 is 0.917 bits per heavy atom. The van der Waals surface area contributed by atoms with Gasteiger partial charge in [0.15, 0.2) is 0 Å². The summed E-state index contributed by atoms with van der Waals surface area (Å²) in [6, 6.07) is 13.8. The van der Waals surface area contributed by atoms with E-state index in [1.54, 1.807) is 18.6 Å². The van der Waals surface area contributed by atoms with E-state index in [1.165, 1.54) is 0 Å². The molecule has 24 heavy (non-hydrogen) atoms. The SMILES string of the molecule is N#Cc1ccnc(N2CCN(c3ncnc4ccccc34)CC2)c1. The molecular weight excluding hydrogens is 300 g/mol. The van der Waals surface area contributed by atoms with E-state index in [0.29, 0.717) is 5.56 Å². The Morgan fingerprint density at radius 3 is 2.54 bits per heavy atom. The summed E-state index contributed by atoms with van der Waals surface area (Å²) in [5, 5.41) is 10.1. The van der Waals surface area contributed by atoms with Crippen LogP contribution < -0.4 is 9.80 Å². The Kier molecular flexibility index (Phi) is 3.67. The quantitative estimate of drug-likeness (QED) is 0.722. The lowest BCUT2D eigenvalue weighted by molar-refractivity contribution is 0.643. The van der Waals surface area contributed by atoms with E-state index >= 15 is 0 Å². The molecule has 0 spiro atoms. The van der Waals surface area contributed by atoms with Gasteiger partial charge >= 0.3 is 0 Å². The molecule has 0 aliphatic carbocycles. The van der Waals surface area contributed by atoms with Crippen molar-refractivity contribution in [1.82, 2.24) is 15.0 Å². The summed E-state index contributed by atoms with van der Waals surface area (Å²) in [5.74, 6) is 1.85. The number of anilines is 2. The summed E-state index contributed by atoms with van der Waals surface area (Å²) in [5.41, 5.74) is 1.61. The van der Waals surface area contributed by atoms with Crippen LogP contribution in [0.1, 0.15) is 5.56 Å². The second kappa shape index (κ2) is 6.13. The van der Waals surface area contributed by atoms with Crippen molar-refractivity contribution >= 4 is 22.5 Å². The Morgan fingerprint density at radius 2 is 1.71 bits per heavy atom. The molecule has 0 amide bonds. The first kappa shape index (κ1) is 14.4. The lowest BCUT2D eigenvalue weighted by Gasteiger charge is -2.36. The Labute approximate surface area is 140 Å². The molecule has 0 bridgehead atoms. The molecule has 0 unspecified atom stereocenters. The van der Waals surface area contributed by atoms with Crippen molar-refractivity contribution in [2.45, 2.75) is 0 Å². The van der Waals surface area contributed by atoms with E-state index in [9.17, 15) is 0 Å². The van der Waals surface area contributed by atoms with E-state index in [1.807, 2.05) is 24.3 Å². The van der Waals surface area contributed by atoms with E-state index in [2.05, 4.69) is 36.9 Å². The van der Waals surface area contributed by atoms with Gasteiger partial charge in [-0.05, 0) is 24.3 Å². The number of fused-ring (bicyclic) bond motifs is 1. The van der Waals surface area contributed by atoms with Gasteiger partial charge in [0, 0.05) is 37.8 Å². The fourth-order valence-corrected chi connectivity index (χ4v) is 3.05. The first-order valence-corrected chi connectivity index (χ1v) is 7.91. The molecule has 2 aromatic heterocycles. The number of hydrogen-bond acceptors (Lipinski definition) is 6. The van der Waals surface area contributed by atoms with Gasteiger partial charge in [0.25, 0.3) is 0 Å². The van der Waals surface area contributed by atoms with Gasteiger partial charge in [-0.3, -0.25) is 0 Å². The van der Waals surface area contributed by atoms with Gasteiger partial charge < -0.3 is 9.80 Å². The number of piperazine rings is 1. The number of aromatic nitrogens is 3. The molecule has 3 aromatic rings. The standard InChI is InChI=1S/C18H16N6/c19-12-14-5-6-20-17(11-14)23-7-9-24(10-8-23)18-15-3-1-2-4-16(15)21-13-22-18/h1-6,11,13H,7-10H2. The van der Waals surface area contributed by atoms with Crippen LogP contribution in [0.25, 0.3) is 10.9 Å². The highest BCUT2D eigenvalue weighted by Gasteiger charge is 2.20. The smallest absolute Gasteiger partial charge is 0.140 e. The minimum absolute atomic E-state index is 0.643. The number of pyridine rings is 1. The highest BCUT2D eigenvalue weighted by Crippen LogP contribution is 2.24. The predicted molar refractivity (Wildman–Crippen MR) is 92.9 cm³/mol. The molecule has 0 saturated carbocycles. The molecule has 1 aliphatic heterocycles. The monoisotopic (exact) mass is 316 g/mol. The number of hydrogen-bond donors (Lipinski definition) is 0. The lowest BCUT2D eigenvalue weighted by atomic mass is 10.2. The Balaban J connectivity index is 1.54. The molecule has 1 saturated heterocycles. The van der Waals surface area contributed by atoms with Gasteiger partial charge in [-0.25, -0.2) is 15.0 Å². The van der Waals surface area contributed by atoms with Crippen molar-refractivity contribution in [1.29, 1.82) is 5.26 Å². The molecule has 1 aliphatic rings. The third kappa shape index (κ3) is 2.61. The molecule has 118 valence electrons. The normalized spacial score (nSPS) is 14.6. The zero-order valence-corrected chi connectivity index (χ0v) is 13.1. The summed E-state index contributed by atoms with van der Waals surface area (Å²) in [6.07, 6.45) is 3.32. The molecular formula is C18H16N6. The summed E-state index contributed by atoms with van der Waals surface area (Å²) in [4.78, 5) is 17.7. The lowest BCUT2D eigenvalue weighted by Crippen LogP contribution is -2.47. The van der Waals surface area contributed by atoms with E-state index < -0.39 is 0 Å². The number of benzene rings is 1.